The van der Waals surface area contributed by atoms with Gasteiger partial charge in [-0.1, -0.05) is 6.07 Å². The van der Waals surface area contributed by atoms with E-state index in [1.807, 2.05) is 26.8 Å². The number of rotatable bonds is 8. The maximum Gasteiger partial charge on any atom is 0.191 e. The Labute approximate surface area is 159 Å². The molecule has 27 heavy (non-hydrogen) atoms. The molecule has 0 bridgehead atoms. The second kappa shape index (κ2) is 9.41. The summed E-state index contributed by atoms with van der Waals surface area (Å²) in [5.41, 5.74) is -1.21. The molecular formula is C20H28FN3O3. The summed E-state index contributed by atoms with van der Waals surface area (Å²) in [7, 11) is 0. The highest BCUT2D eigenvalue weighted by Crippen LogP contribution is 2.23. The number of aliphatic imine (C=N–C) groups is 1. The number of nitrogens with one attached hydrogen (secondary N) is 2. The maximum absolute atomic E-state index is 13.2. The maximum atomic E-state index is 13.2. The summed E-state index contributed by atoms with van der Waals surface area (Å²) in [5, 5.41) is 16.9. The van der Waals surface area contributed by atoms with Crippen LogP contribution in [0.4, 0.5) is 4.39 Å². The fourth-order valence-corrected chi connectivity index (χ4v) is 2.43. The number of halogens is 1. The highest BCUT2D eigenvalue weighted by Gasteiger charge is 2.26. The van der Waals surface area contributed by atoms with Crippen LogP contribution in [0, 0.1) is 12.7 Å². The second-order valence-electron chi connectivity index (χ2n) is 6.65. The van der Waals surface area contributed by atoms with Gasteiger partial charge in [0.2, 0.25) is 0 Å². The Morgan fingerprint density at radius 3 is 2.74 bits per heavy atom. The van der Waals surface area contributed by atoms with Gasteiger partial charge in [-0.15, -0.1) is 0 Å². The minimum atomic E-state index is -1.21. The molecule has 0 aliphatic carbocycles. The molecule has 0 fully saturated rings. The molecule has 0 amide bonds. The Morgan fingerprint density at radius 2 is 2.11 bits per heavy atom. The number of benzene rings is 1. The lowest BCUT2D eigenvalue weighted by Crippen LogP contribution is -2.42. The van der Waals surface area contributed by atoms with Crippen molar-refractivity contribution in [1.82, 2.24) is 10.6 Å². The third kappa shape index (κ3) is 6.60. The lowest BCUT2D eigenvalue weighted by molar-refractivity contribution is 0.0428. The number of ether oxygens (including phenoxy) is 1. The van der Waals surface area contributed by atoms with Gasteiger partial charge in [-0.05, 0) is 52.0 Å². The minimum Gasteiger partial charge on any atom is -0.489 e. The van der Waals surface area contributed by atoms with Crippen molar-refractivity contribution < 1.29 is 18.7 Å². The van der Waals surface area contributed by atoms with Crippen LogP contribution in [-0.2, 0) is 5.60 Å². The van der Waals surface area contributed by atoms with Gasteiger partial charge in [0.15, 0.2) is 5.96 Å². The number of aliphatic hydroxyl groups is 1. The quantitative estimate of drug-likeness (QED) is 0.487. The van der Waals surface area contributed by atoms with Crippen molar-refractivity contribution in [1.29, 1.82) is 0 Å². The molecule has 2 atom stereocenters. The van der Waals surface area contributed by atoms with Crippen LogP contribution in [-0.4, -0.2) is 36.8 Å². The van der Waals surface area contributed by atoms with Gasteiger partial charge in [-0.25, -0.2) is 9.38 Å². The van der Waals surface area contributed by atoms with Gasteiger partial charge in [0, 0.05) is 12.6 Å². The Balaban J connectivity index is 1.92. The molecule has 1 aromatic heterocycles. The number of furan rings is 1. The number of nitrogens with zero attached hydrogens (tertiary/aromatic N) is 1. The normalized spacial score (nSPS) is 15.1. The first kappa shape index (κ1) is 20.8. The molecule has 0 saturated heterocycles. The number of hydrogen-bond donors (Lipinski definition) is 3. The van der Waals surface area contributed by atoms with Gasteiger partial charge in [0.1, 0.15) is 34.8 Å². The van der Waals surface area contributed by atoms with Crippen LogP contribution < -0.4 is 15.4 Å². The molecule has 2 rings (SSSR count). The van der Waals surface area contributed by atoms with Crippen LogP contribution >= 0.6 is 0 Å². The van der Waals surface area contributed by atoms with Crippen molar-refractivity contribution in [3.8, 4) is 5.75 Å². The average Bonchev–Trinajstić information content (AvgIpc) is 3.05. The molecule has 7 heteroatoms. The van der Waals surface area contributed by atoms with Crippen LogP contribution in [0.3, 0.4) is 0 Å². The van der Waals surface area contributed by atoms with Crippen LogP contribution in [0.5, 0.6) is 5.75 Å². The number of hydrogen-bond acceptors (Lipinski definition) is 4. The summed E-state index contributed by atoms with van der Waals surface area (Å²) >= 11 is 0. The zero-order chi connectivity index (χ0) is 19.9. The predicted octanol–water partition coefficient (Wildman–Crippen LogP) is 2.96. The second-order valence-corrected chi connectivity index (χ2v) is 6.65. The fourth-order valence-electron chi connectivity index (χ4n) is 2.43. The van der Waals surface area contributed by atoms with Gasteiger partial charge >= 0.3 is 0 Å². The monoisotopic (exact) mass is 377 g/mol. The van der Waals surface area contributed by atoms with Crippen molar-refractivity contribution >= 4 is 5.96 Å². The highest BCUT2D eigenvalue weighted by atomic mass is 19.1. The van der Waals surface area contributed by atoms with E-state index in [2.05, 4.69) is 15.6 Å². The highest BCUT2D eigenvalue weighted by molar-refractivity contribution is 5.79. The first-order valence-corrected chi connectivity index (χ1v) is 9.04. The molecule has 1 heterocycles. The average molecular weight is 377 g/mol. The Morgan fingerprint density at radius 1 is 1.33 bits per heavy atom. The fraction of sp³-hybridized carbons (Fsp3) is 0.450. The third-order valence-electron chi connectivity index (χ3n) is 3.85. The topological polar surface area (TPSA) is 79.0 Å². The lowest BCUT2D eigenvalue weighted by atomic mass is 10.0. The van der Waals surface area contributed by atoms with E-state index in [1.54, 1.807) is 25.1 Å². The molecule has 3 N–H and O–H groups in total. The Kier molecular flexibility index (Phi) is 7.24. The smallest absolute Gasteiger partial charge is 0.191 e. The van der Waals surface area contributed by atoms with E-state index in [-0.39, 0.29) is 18.5 Å². The van der Waals surface area contributed by atoms with Gasteiger partial charge < -0.3 is 24.9 Å². The van der Waals surface area contributed by atoms with Crippen LogP contribution in [0.2, 0.25) is 0 Å². The van der Waals surface area contributed by atoms with Crippen LogP contribution in [0.1, 0.15) is 32.3 Å². The zero-order valence-electron chi connectivity index (χ0n) is 16.3. The van der Waals surface area contributed by atoms with Gasteiger partial charge in [-0.2, -0.15) is 0 Å². The zero-order valence-corrected chi connectivity index (χ0v) is 16.3. The number of guanidine groups is 1. The van der Waals surface area contributed by atoms with Gasteiger partial charge in [0.05, 0.1) is 13.1 Å². The summed E-state index contributed by atoms with van der Waals surface area (Å²) < 4.78 is 24.4. The molecular weight excluding hydrogens is 349 g/mol. The summed E-state index contributed by atoms with van der Waals surface area (Å²) in [6.07, 6.45) is -0.205. The molecule has 1 aromatic carbocycles. The van der Waals surface area contributed by atoms with E-state index in [9.17, 15) is 9.50 Å². The van der Waals surface area contributed by atoms with E-state index >= 15 is 0 Å². The summed E-state index contributed by atoms with van der Waals surface area (Å²) in [6.45, 7) is 8.59. The molecule has 0 saturated carbocycles. The summed E-state index contributed by atoms with van der Waals surface area (Å²) in [4.78, 5) is 4.43. The number of aryl methyl sites for hydroxylation is 1. The minimum absolute atomic E-state index is 0.133. The molecule has 148 valence electrons. The van der Waals surface area contributed by atoms with E-state index in [0.717, 1.165) is 5.76 Å². The van der Waals surface area contributed by atoms with Crippen molar-refractivity contribution in [2.45, 2.75) is 39.4 Å². The van der Waals surface area contributed by atoms with Crippen LogP contribution in [0.15, 0.2) is 45.8 Å². The third-order valence-corrected chi connectivity index (χ3v) is 3.85. The van der Waals surface area contributed by atoms with E-state index in [1.165, 1.54) is 12.1 Å². The SMILES string of the molecule is CCNC(=NCC(C)(O)c1ccc(C)o1)NCC(C)Oc1cccc(F)c1. The molecule has 2 aromatic rings. The van der Waals surface area contributed by atoms with E-state index in [4.69, 9.17) is 9.15 Å². The van der Waals surface area contributed by atoms with E-state index < -0.39 is 5.60 Å². The largest absolute Gasteiger partial charge is 0.489 e. The van der Waals surface area contributed by atoms with E-state index in [0.29, 0.717) is 30.6 Å². The van der Waals surface area contributed by atoms with Crippen molar-refractivity contribution in [2.24, 2.45) is 4.99 Å². The van der Waals surface area contributed by atoms with Gasteiger partial charge in [0.25, 0.3) is 0 Å². The molecule has 0 spiro atoms. The lowest BCUT2D eigenvalue weighted by Gasteiger charge is -2.21. The summed E-state index contributed by atoms with van der Waals surface area (Å²) in [6, 6.07) is 9.59. The molecule has 2 unspecified atom stereocenters. The Bertz CT molecular complexity index is 758. The standard InChI is InChI=1S/C20H28FN3O3/c1-5-22-19(24-13-20(4,25)18-10-9-14(2)27-18)23-12-15(3)26-17-8-6-7-16(21)11-17/h6-11,15,25H,5,12-13H2,1-4H3,(H2,22,23,24). The summed E-state index contributed by atoms with van der Waals surface area (Å²) in [5.74, 6) is 1.90. The molecule has 0 aliphatic heterocycles. The molecule has 6 nitrogen and oxygen atoms in total. The first-order chi connectivity index (χ1) is 12.8. The van der Waals surface area contributed by atoms with Gasteiger partial charge in [-0.3, -0.25) is 0 Å². The molecule has 0 aliphatic rings. The predicted molar refractivity (Wildman–Crippen MR) is 103 cm³/mol. The Hall–Kier alpha value is -2.54. The van der Waals surface area contributed by atoms with Crippen molar-refractivity contribution in [3.05, 3.63) is 53.7 Å². The van der Waals surface area contributed by atoms with Crippen molar-refractivity contribution in [3.63, 3.8) is 0 Å². The van der Waals surface area contributed by atoms with Crippen molar-refractivity contribution in [2.75, 3.05) is 19.6 Å². The first-order valence-electron chi connectivity index (χ1n) is 9.04. The molecule has 0 radical (unpaired) electrons. The van der Waals surface area contributed by atoms with Crippen LogP contribution in [0.25, 0.3) is 0 Å².